The molecule has 3 saturated carbocycles. The molecule has 3 aromatic rings. The molecule has 0 radical (unpaired) electrons. The minimum Gasteiger partial charge on any atom is -0.508 e. The molecule has 10 atom stereocenters. The summed E-state index contributed by atoms with van der Waals surface area (Å²) < 4.78 is 13.6. The number of ether oxygens (including phenoxy) is 2. The minimum atomic E-state index is -0.915. The summed E-state index contributed by atoms with van der Waals surface area (Å²) in [6.45, 7) is 3.25. The number of benzene rings is 3. The van der Waals surface area contributed by atoms with Gasteiger partial charge in [0.05, 0.1) is 23.2 Å². The van der Waals surface area contributed by atoms with Crippen molar-refractivity contribution in [3.63, 3.8) is 0 Å². The Kier molecular flexibility index (Phi) is 10.3. The number of nitrogens with one attached hydrogen (secondary N) is 3. The number of fused-ring (bicyclic) bond motifs is 6. The fraction of sp³-hybridized carbons (Fsp3) is 0.483. The number of hydrogen-bond donors (Lipinski definition) is 4. The van der Waals surface area contributed by atoms with Gasteiger partial charge in [-0.15, -0.1) is 0 Å². The normalized spacial score (nSPS) is 36.7. The zero-order valence-corrected chi connectivity index (χ0v) is 38.9. The fourth-order valence-electron chi connectivity index (χ4n) is 15.9. The summed E-state index contributed by atoms with van der Waals surface area (Å²) in [6.07, 6.45) is 21.4. The summed E-state index contributed by atoms with van der Waals surface area (Å²) >= 11 is 0. The van der Waals surface area contributed by atoms with Gasteiger partial charge in [0.2, 0.25) is 0 Å². The topological polar surface area (TPSA) is 109 Å². The first-order valence-electron chi connectivity index (χ1n) is 25.3. The SMILES string of the molecule is CC[C@H](/C=C1\OC(=O)C2=C3c4cc(O)ccc4-c4cccc(c4)[C@@H](NC)/C=C/[C@@]45CCC6=C(C(=O)OC6=C6CC[C@H]7CCC[C@]7([C@@H]7CCN[C@H](NC)C7)C6)[C@@H]4[C@]21CC[C@@H]35)Cc1ccccc1. The molecule has 8 nitrogen and oxygen atoms in total. The van der Waals surface area contributed by atoms with Crippen LogP contribution in [-0.4, -0.2) is 43.9 Å². The van der Waals surface area contributed by atoms with Gasteiger partial charge in [-0.1, -0.05) is 80.1 Å². The molecule has 3 heterocycles. The predicted octanol–water partition coefficient (Wildman–Crippen LogP) is 10.8. The first kappa shape index (κ1) is 42.3. The summed E-state index contributed by atoms with van der Waals surface area (Å²) in [4.78, 5) is 30.6. The molecule has 66 heavy (non-hydrogen) atoms. The monoisotopic (exact) mass is 883 g/mol. The van der Waals surface area contributed by atoms with Crippen LogP contribution in [0.15, 0.2) is 125 Å². The number of aromatic hydroxyl groups is 1. The van der Waals surface area contributed by atoms with E-state index in [2.05, 4.69) is 103 Å². The van der Waals surface area contributed by atoms with Crippen molar-refractivity contribution in [2.75, 3.05) is 20.6 Å². The minimum absolute atomic E-state index is 0.0887. The van der Waals surface area contributed by atoms with Crippen LogP contribution in [0.4, 0.5) is 0 Å². The molecule has 8 heteroatoms. The second-order valence-electron chi connectivity index (χ2n) is 21.4. The Hall–Kier alpha value is -5.02. The zero-order chi connectivity index (χ0) is 45.0. The maximum atomic E-state index is 15.4. The van der Waals surface area contributed by atoms with E-state index in [4.69, 9.17) is 9.47 Å². The summed E-state index contributed by atoms with van der Waals surface area (Å²) in [5.74, 6) is 2.12. The van der Waals surface area contributed by atoms with E-state index in [0.29, 0.717) is 35.8 Å². The smallest absolute Gasteiger partial charge is 0.340 e. The second-order valence-corrected chi connectivity index (χ2v) is 21.4. The van der Waals surface area contributed by atoms with Crippen LogP contribution in [0.25, 0.3) is 16.7 Å². The summed E-state index contributed by atoms with van der Waals surface area (Å²) in [6, 6.07) is 24.8. The highest BCUT2D eigenvalue weighted by atomic mass is 16.6. The average Bonchev–Trinajstić information content (AvgIpc) is 4.02. The third-order valence-corrected chi connectivity index (χ3v) is 18.8. The number of phenols is 1. The van der Waals surface area contributed by atoms with Gasteiger partial charge in [-0.2, -0.15) is 0 Å². The molecule has 3 aromatic carbocycles. The van der Waals surface area contributed by atoms with Gasteiger partial charge < -0.3 is 30.5 Å². The molecule has 0 unspecified atom stereocenters. The van der Waals surface area contributed by atoms with E-state index in [-0.39, 0.29) is 46.9 Å². The number of likely N-dealkylation sites (N-methyl/N-ethyl adjacent to an activating group) is 1. The summed E-state index contributed by atoms with van der Waals surface area (Å²) in [7, 11) is 4.09. The van der Waals surface area contributed by atoms with Crippen molar-refractivity contribution >= 4 is 17.5 Å². The van der Waals surface area contributed by atoms with Gasteiger partial charge in [0.25, 0.3) is 0 Å². The van der Waals surface area contributed by atoms with Crippen molar-refractivity contribution < 1.29 is 24.2 Å². The van der Waals surface area contributed by atoms with Crippen LogP contribution in [0.3, 0.4) is 0 Å². The third-order valence-electron chi connectivity index (χ3n) is 18.8. The van der Waals surface area contributed by atoms with Gasteiger partial charge >= 0.3 is 11.9 Å². The lowest BCUT2D eigenvalue weighted by Gasteiger charge is -2.62. The van der Waals surface area contributed by atoms with E-state index in [0.717, 1.165) is 109 Å². The number of phenolic OH excluding ortho intramolecular Hbond substituents is 1. The number of hydrogen-bond acceptors (Lipinski definition) is 8. The molecule has 7 aliphatic carbocycles. The van der Waals surface area contributed by atoms with E-state index in [1.54, 1.807) is 6.07 Å². The molecule has 5 fully saturated rings. The largest absolute Gasteiger partial charge is 0.508 e. The first-order chi connectivity index (χ1) is 32.2. The molecule has 342 valence electrons. The summed E-state index contributed by atoms with van der Waals surface area (Å²) in [5.41, 5.74) is 8.90. The second kappa shape index (κ2) is 16.1. The van der Waals surface area contributed by atoms with Crippen molar-refractivity contribution in [1.82, 2.24) is 16.0 Å². The molecule has 10 aliphatic rings. The number of carbonyl (C=O) groups excluding carboxylic acids is 2. The summed E-state index contributed by atoms with van der Waals surface area (Å²) in [5, 5.41) is 22.2. The molecule has 0 amide bonds. The molecular weight excluding hydrogens is 819 g/mol. The Morgan fingerprint density at radius 2 is 1.74 bits per heavy atom. The Bertz CT molecular complexity index is 2680. The zero-order valence-electron chi connectivity index (χ0n) is 38.9. The van der Waals surface area contributed by atoms with Crippen molar-refractivity contribution in [3.8, 4) is 16.9 Å². The van der Waals surface area contributed by atoms with Gasteiger partial charge in [-0.05, 0) is 196 Å². The Balaban J connectivity index is 1.09. The molecule has 4 N–H and O–H groups in total. The van der Waals surface area contributed by atoms with Crippen LogP contribution in [0.2, 0.25) is 0 Å². The fourth-order valence-corrected chi connectivity index (χ4v) is 15.9. The van der Waals surface area contributed by atoms with Crippen LogP contribution >= 0.6 is 0 Å². The van der Waals surface area contributed by atoms with Crippen LogP contribution in [0.1, 0.15) is 113 Å². The van der Waals surface area contributed by atoms with Crippen LogP contribution in [-0.2, 0) is 25.5 Å². The Morgan fingerprint density at radius 3 is 2.58 bits per heavy atom. The van der Waals surface area contributed by atoms with E-state index < -0.39 is 10.8 Å². The Morgan fingerprint density at radius 1 is 0.864 bits per heavy atom. The van der Waals surface area contributed by atoms with Crippen molar-refractivity contribution in [1.29, 1.82) is 0 Å². The molecule has 13 rings (SSSR count). The lowest BCUT2D eigenvalue weighted by Crippen LogP contribution is -2.58. The highest BCUT2D eigenvalue weighted by molar-refractivity contribution is 6.08. The van der Waals surface area contributed by atoms with E-state index in [9.17, 15) is 5.11 Å². The van der Waals surface area contributed by atoms with Crippen molar-refractivity contribution in [2.45, 2.75) is 109 Å². The van der Waals surface area contributed by atoms with Crippen LogP contribution < -0.4 is 16.0 Å². The molecule has 3 aliphatic heterocycles. The number of cyclic esters (lactones) is 2. The van der Waals surface area contributed by atoms with Gasteiger partial charge in [0, 0.05) is 22.5 Å². The van der Waals surface area contributed by atoms with Gasteiger partial charge in [-0.25, -0.2) is 9.59 Å². The Labute approximate surface area is 390 Å². The van der Waals surface area contributed by atoms with Crippen molar-refractivity contribution in [3.05, 3.63) is 142 Å². The van der Waals surface area contributed by atoms with Crippen LogP contribution in [0.5, 0.6) is 5.75 Å². The standard InChI is InChI=1S/C58H65N3O5/c1-4-34(28-35-10-6-5-7-11-35)29-47-58-26-20-45-49(51(58)55(64)65-47)44-32-41(62)17-18-42(44)36-12-8-13-37(30-36)46(59-2)21-25-56(45)24-19-43-50(53(56)58)54(63)66-52(43)38-15-16-39-14-9-23-57(39,33-38)40-22-27-61-48(31-40)60-3/h5-8,10-13,17-18,21,25,29-30,32,34,39-40,45-46,48,53,59-62H,4,9,14-16,19-20,22-24,26-28,31,33H2,1-3H3/b25-21+,47-29-,52-38?/t34-,39+,40+,45-,46-,48-,53-,56+,57-,58-/m0/s1. The maximum Gasteiger partial charge on any atom is 0.340 e. The number of esters is 2. The van der Waals surface area contributed by atoms with E-state index in [1.807, 2.05) is 19.2 Å². The number of rotatable bonds is 7. The number of carbonyl (C=O) groups is 2. The lowest BCUT2D eigenvalue weighted by molar-refractivity contribution is -0.136. The molecule has 2 spiro atoms. The van der Waals surface area contributed by atoms with E-state index >= 15 is 9.59 Å². The van der Waals surface area contributed by atoms with Crippen LogP contribution in [0, 0.1) is 45.8 Å². The molecule has 6 bridgehead atoms. The lowest BCUT2D eigenvalue weighted by atomic mass is 9.38. The van der Waals surface area contributed by atoms with Gasteiger partial charge in [-0.3, -0.25) is 0 Å². The number of allylic oxidation sites excluding steroid dienone is 6. The highest BCUT2D eigenvalue weighted by Gasteiger charge is 2.73. The quantitative estimate of drug-likeness (QED) is 0.137. The third kappa shape index (κ3) is 6.19. The number of piperidine rings is 1. The van der Waals surface area contributed by atoms with Gasteiger partial charge in [0.15, 0.2) is 0 Å². The van der Waals surface area contributed by atoms with Crippen molar-refractivity contribution in [2.24, 2.45) is 45.8 Å². The molecular formula is C58H65N3O5. The first-order valence-corrected chi connectivity index (χ1v) is 25.3. The predicted molar refractivity (Wildman–Crippen MR) is 257 cm³/mol. The van der Waals surface area contributed by atoms with E-state index in [1.165, 1.54) is 36.8 Å². The molecule has 2 saturated heterocycles. The maximum absolute atomic E-state index is 15.4. The van der Waals surface area contributed by atoms with Gasteiger partial charge in [0.1, 0.15) is 17.3 Å². The average molecular weight is 884 g/mol. The molecule has 0 aromatic heterocycles. The highest BCUT2D eigenvalue weighted by Crippen LogP contribution is 2.77.